The average Bonchev–Trinajstić information content (AvgIpc) is 3.41. The van der Waals surface area contributed by atoms with E-state index < -0.39 is 98.5 Å². The molecule has 2 heterocycles. The summed E-state index contributed by atoms with van der Waals surface area (Å²) in [7, 11) is 2.67. The number of aromatic hydroxyl groups is 2. The van der Waals surface area contributed by atoms with E-state index in [2.05, 4.69) is 0 Å². The molecular formula is C36H42O19. The highest BCUT2D eigenvalue weighted by Crippen LogP contribution is 2.39. The van der Waals surface area contributed by atoms with E-state index in [1.54, 1.807) is 0 Å². The maximum atomic E-state index is 13.2. The second-order valence-corrected chi connectivity index (χ2v) is 12.2. The zero-order chi connectivity index (χ0) is 40.4. The number of aliphatic hydroxyl groups is 4. The van der Waals surface area contributed by atoms with Crippen LogP contribution in [0, 0.1) is 0 Å². The molecule has 2 aliphatic heterocycles. The molecule has 300 valence electrons. The van der Waals surface area contributed by atoms with Crippen molar-refractivity contribution in [1.29, 1.82) is 0 Å². The van der Waals surface area contributed by atoms with E-state index in [0.29, 0.717) is 11.1 Å². The molecule has 6 N–H and O–H groups in total. The number of methoxy groups -OCH3 is 2. The smallest absolute Gasteiger partial charge is 0.331 e. The number of rotatable bonds is 15. The monoisotopic (exact) mass is 778 g/mol. The Balaban J connectivity index is 1.61. The van der Waals surface area contributed by atoms with Crippen LogP contribution in [0.1, 0.15) is 25.0 Å². The number of carbonyl (C=O) groups excluding carboxylic acids is 4. The van der Waals surface area contributed by atoms with Gasteiger partial charge in [0.2, 0.25) is 12.1 Å². The number of benzene rings is 2. The molecule has 4 rings (SSSR count). The van der Waals surface area contributed by atoms with Gasteiger partial charge in [0.15, 0.2) is 35.2 Å². The van der Waals surface area contributed by atoms with Crippen LogP contribution >= 0.6 is 0 Å². The van der Waals surface area contributed by atoms with Gasteiger partial charge in [-0.2, -0.15) is 0 Å². The van der Waals surface area contributed by atoms with Gasteiger partial charge in [0, 0.05) is 26.0 Å². The van der Waals surface area contributed by atoms with Gasteiger partial charge in [-0.15, -0.1) is 0 Å². The topological polar surface area (TPSA) is 273 Å². The lowest BCUT2D eigenvalue weighted by Crippen LogP contribution is -2.64. The molecule has 55 heavy (non-hydrogen) atoms. The zero-order valence-corrected chi connectivity index (χ0v) is 30.0. The van der Waals surface area contributed by atoms with Crippen LogP contribution in [-0.4, -0.2) is 143 Å². The molecular weight excluding hydrogens is 736 g/mol. The van der Waals surface area contributed by atoms with Gasteiger partial charge >= 0.3 is 23.9 Å². The second-order valence-electron chi connectivity index (χ2n) is 12.2. The Kier molecular flexibility index (Phi) is 14.6. The summed E-state index contributed by atoms with van der Waals surface area (Å²) in [6.07, 6.45) is -9.75. The molecule has 2 aliphatic rings. The summed E-state index contributed by atoms with van der Waals surface area (Å²) in [5.74, 6) is -6.39. The van der Waals surface area contributed by atoms with Crippen molar-refractivity contribution in [2.75, 3.05) is 34.0 Å². The van der Waals surface area contributed by atoms with Gasteiger partial charge in [-0.05, 0) is 47.5 Å². The Bertz CT molecular complexity index is 1740. The quantitative estimate of drug-likeness (QED) is 0.0770. The van der Waals surface area contributed by atoms with E-state index in [9.17, 15) is 49.8 Å². The van der Waals surface area contributed by atoms with E-state index >= 15 is 0 Å². The molecule has 2 saturated heterocycles. The summed E-state index contributed by atoms with van der Waals surface area (Å²) in [4.78, 5) is 49.3. The third-order valence-corrected chi connectivity index (χ3v) is 8.27. The number of hydrogen-bond donors (Lipinski definition) is 6. The van der Waals surface area contributed by atoms with Gasteiger partial charge in [0.05, 0.1) is 14.2 Å². The number of phenols is 2. The van der Waals surface area contributed by atoms with Gasteiger partial charge in [-0.1, -0.05) is 12.1 Å². The highest BCUT2D eigenvalue weighted by Gasteiger charge is 2.61. The van der Waals surface area contributed by atoms with Crippen LogP contribution in [0.5, 0.6) is 23.0 Å². The van der Waals surface area contributed by atoms with Crippen LogP contribution in [0.25, 0.3) is 12.2 Å². The third-order valence-electron chi connectivity index (χ3n) is 8.27. The highest BCUT2D eigenvalue weighted by atomic mass is 16.8. The number of phenolic OH excluding ortho intramolecular Hbond substituents is 2. The largest absolute Gasteiger partial charge is 0.504 e. The second kappa shape index (κ2) is 18.8. The first-order valence-corrected chi connectivity index (χ1v) is 16.6. The summed E-state index contributed by atoms with van der Waals surface area (Å²) in [5.41, 5.74) is 0.839. The predicted molar refractivity (Wildman–Crippen MR) is 183 cm³/mol. The molecule has 0 bridgehead atoms. The van der Waals surface area contributed by atoms with E-state index in [1.807, 2.05) is 0 Å². The first-order valence-electron chi connectivity index (χ1n) is 16.6. The fourth-order valence-electron chi connectivity index (χ4n) is 5.55. The molecule has 0 amide bonds. The molecule has 0 radical (unpaired) electrons. The number of aliphatic hydroxyl groups excluding tert-OH is 4. The lowest BCUT2D eigenvalue weighted by atomic mass is 9.98. The minimum atomic E-state index is -2.59. The summed E-state index contributed by atoms with van der Waals surface area (Å²) < 4.78 is 48.5. The molecule has 9 atom stereocenters. The van der Waals surface area contributed by atoms with Crippen LogP contribution in [-0.2, 0) is 52.3 Å². The summed E-state index contributed by atoms with van der Waals surface area (Å²) >= 11 is 0. The Labute approximate surface area is 313 Å². The molecule has 0 spiro atoms. The van der Waals surface area contributed by atoms with Gasteiger partial charge < -0.3 is 73.3 Å². The lowest BCUT2D eigenvalue weighted by molar-refractivity contribution is -0.383. The normalized spacial score (nSPS) is 27.8. The standard InChI is InChI=1S/C36H42O19/c1-18(38)49-15-26-30(44)32(46)33(51-19(2)39)35(52-26)55-36(17-37)34(53-29(43)12-8-21-6-10-23(41)25(14-21)48-4)31(45)27(54-36)16-50-28(42)11-7-20-5-9-22(40)24(13-20)47-3/h5-14,26-27,30-35,37,40-41,44-46H,15-17H2,1-4H3/t26-,27-,30-,31-,32+,33-,34+,35-,36+/m1/s1. The number of ether oxygens (including phenoxy) is 9. The number of esters is 4. The fraction of sp³-hybridized carbons (Fsp3) is 0.444. The summed E-state index contributed by atoms with van der Waals surface area (Å²) in [6, 6.07) is 8.47. The van der Waals surface area contributed by atoms with Crippen LogP contribution in [0.2, 0.25) is 0 Å². The van der Waals surface area contributed by atoms with Crippen molar-refractivity contribution >= 4 is 36.0 Å². The van der Waals surface area contributed by atoms with E-state index in [0.717, 1.165) is 26.0 Å². The fourth-order valence-corrected chi connectivity index (χ4v) is 5.55. The summed E-state index contributed by atoms with van der Waals surface area (Å²) in [5, 5.41) is 63.4. The van der Waals surface area contributed by atoms with Gasteiger partial charge in [-0.25, -0.2) is 9.59 Å². The first kappa shape index (κ1) is 42.5. The van der Waals surface area contributed by atoms with Crippen molar-refractivity contribution in [1.82, 2.24) is 0 Å². The number of carbonyl (C=O) groups is 4. The maximum Gasteiger partial charge on any atom is 0.331 e. The minimum absolute atomic E-state index is 0.104. The molecule has 2 aromatic rings. The van der Waals surface area contributed by atoms with Crippen LogP contribution in [0.4, 0.5) is 0 Å². The van der Waals surface area contributed by atoms with Gasteiger partial charge in [-0.3, -0.25) is 9.59 Å². The van der Waals surface area contributed by atoms with Crippen molar-refractivity contribution < 1.29 is 92.4 Å². The molecule has 0 unspecified atom stereocenters. The SMILES string of the molecule is COc1cc(C=CC(=O)OC[C@H]2O[C@@](CO)(O[C@H]3O[C@H](COC(C)=O)[C@@H](O)[C@H](O)[C@H]3OC(C)=O)[C@@H](OC(=O)C=Cc3ccc(O)c(OC)c3)[C@@H]2O)ccc1O. The van der Waals surface area contributed by atoms with Crippen LogP contribution in [0.3, 0.4) is 0 Å². The van der Waals surface area contributed by atoms with E-state index in [4.69, 9.17) is 42.6 Å². The Morgan fingerprint density at radius 2 is 1.31 bits per heavy atom. The molecule has 0 aliphatic carbocycles. The first-order chi connectivity index (χ1) is 26.1. The third kappa shape index (κ3) is 10.7. The molecule has 0 saturated carbocycles. The van der Waals surface area contributed by atoms with Crippen molar-refractivity contribution in [3.05, 3.63) is 59.7 Å². The van der Waals surface area contributed by atoms with E-state index in [1.165, 1.54) is 62.8 Å². The van der Waals surface area contributed by atoms with E-state index in [-0.39, 0.29) is 23.0 Å². The van der Waals surface area contributed by atoms with Gasteiger partial charge in [0.25, 0.3) is 0 Å². The molecule has 0 aromatic heterocycles. The van der Waals surface area contributed by atoms with Crippen molar-refractivity contribution in [2.24, 2.45) is 0 Å². The predicted octanol–water partition coefficient (Wildman–Crippen LogP) is -0.297. The minimum Gasteiger partial charge on any atom is -0.504 e. The molecule has 2 fully saturated rings. The number of hydrogen-bond acceptors (Lipinski definition) is 19. The molecule has 2 aromatic carbocycles. The molecule has 19 nitrogen and oxygen atoms in total. The summed E-state index contributed by atoms with van der Waals surface area (Å²) in [6.45, 7) is -0.455. The Morgan fingerprint density at radius 1 is 0.745 bits per heavy atom. The van der Waals surface area contributed by atoms with Crippen molar-refractivity contribution in [3.8, 4) is 23.0 Å². The Morgan fingerprint density at radius 3 is 1.84 bits per heavy atom. The van der Waals surface area contributed by atoms with Crippen molar-refractivity contribution in [2.45, 2.75) is 68.7 Å². The zero-order valence-electron chi connectivity index (χ0n) is 30.0. The molecule has 19 heteroatoms. The average molecular weight is 779 g/mol. The Hall–Kier alpha value is -5.28. The highest BCUT2D eigenvalue weighted by molar-refractivity contribution is 5.88. The maximum absolute atomic E-state index is 13.2. The van der Waals surface area contributed by atoms with Crippen LogP contribution < -0.4 is 9.47 Å². The van der Waals surface area contributed by atoms with Crippen molar-refractivity contribution in [3.63, 3.8) is 0 Å². The van der Waals surface area contributed by atoms with Crippen LogP contribution in [0.15, 0.2) is 48.6 Å². The van der Waals surface area contributed by atoms with Gasteiger partial charge in [0.1, 0.15) is 50.3 Å². The lowest BCUT2D eigenvalue weighted by Gasteiger charge is -2.44.